The molecule has 1 amide bonds. The van der Waals surface area contributed by atoms with Crippen LogP contribution in [0.2, 0.25) is 0 Å². The van der Waals surface area contributed by atoms with E-state index in [-0.39, 0.29) is 5.91 Å². The van der Waals surface area contributed by atoms with Gasteiger partial charge in [0.05, 0.1) is 5.56 Å². The predicted molar refractivity (Wildman–Crippen MR) is 101 cm³/mol. The summed E-state index contributed by atoms with van der Waals surface area (Å²) in [6.07, 6.45) is 10.8. The van der Waals surface area contributed by atoms with E-state index in [2.05, 4.69) is 14.8 Å². The third-order valence-electron chi connectivity index (χ3n) is 6.46. The molecule has 1 aromatic heterocycles. The first-order valence-electron chi connectivity index (χ1n) is 10.3. The molecule has 0 aliphatic carbocycles. The smallest absolute Gasteiger partial charge is 0.255 e. The SMILES string of the molecule is O=C(c1cccnc1)N1CC[C@@H]2[C@@H](CCCCN2CC2CCOCC2)C1. The Hall–Kier alpha value is -1.46. The molecule has 0 radical (unpaired) electrons. The van der Waals surface area contributed by atoms with Crippen LogP contribution in [-0.4, -0.2) is 66.1 Å². The second-order valence-electron chi connectivity index (χ2n) is 8.16. The van der Waals surface area contributed by atoms with E-state index < -0.39 is 0 Å². The van der Waals surface area contributed by atoms with Gasteiger partial charge in [0.25, 0.3) is 5.91 Å². The lowest BCUT2D eigenvalue weighted by molar-refractivity contribution is 0.0210. The van der Waals surface area contributed by atoms with Gasteiger partial charge in [-0.25, -0.2) is 0 Å². The monoisotopic (exact) mass is 357 g/mol. The molecule has 1 aromatic rings. The molecule has 2 atom stereocenters. The predicted octanol–water partition coefficient (Wildman–Crippen LogP) is 2.82. The molecule has 0 N–H and O–H groups in total. The van der Waals surface area contributed by atoms with E-state index in [0.717, 1.165) is 44.2 Å². The maximum Gasteiger partial charge on any atom is 0.255 e. The number of carbonyl (C=O) groups is 1. The number of carbonyl (C=O) groups excluding carboxylic acids is 1. The van der Waals surface area contributed by atoms with E-state index in [1.165, 1.54) is 45.2 Å². The van der Waals surface area contributed by atoms with Gasteiger partial charge in [0.2, 0.25) is 0 Å². The fourth-order valence-corrected chi connectivity index (χ4v) is 5.02. The van der Waals surface area contributed by atoms with Crippen molar-refractivity contribution in [3.63, 3.8) is 0 Å². The third kappa shape index (κ3) is 4.09. The van der Waals surface area contributed by atoms with Crippen molar-refractivity contribution in [2.24, 2.45) is 11.8 Å². The van der Waals surface area contributed by atoms with E-state index in [1.54, 1.807) is 12.4 Å². The number of likely N-dealkylation sites (tertiary alicyclic amines) is 2. The molecule has 142 valence electrons. The first kappa shape index (κ1) is 17.9. The minimum Gasteiger partial charge on any atom is -0.381 e. The molecule has 3 aliphatic rings. The van der Waals surface area contributed by atoms with Gasteiger partial charge in [-0.3, -0.25) is 14.7 Å². The van der Waals surface area contributed by atoms with E-state index >= 15 is 0 Å². The van der Waals surface area contributed by atoms with Crippen molar-refractivity contribution in [3.8, 4) is 0 Å². The summed E-state index contributed by atoms with van der Waals surface area (Å²) >= 11 is 0. The molecule has 0 aromatic carbocycles. The largest absolute Gasteiger partial charge is 0.381 e. The van der Waals surface area contributed by atoms with Crippen LogP contribution in [0, 0.1) is 11.8 Å². The summed E-state index contributed by atoms with van der Waals surface area (Å²) in [5.74, 6) is 1.56. The van der Waals surface area contributed by atoms with E-state index in [9.17, 15) is 4.79 Å². The number of nitrogens with zero attached hydrogens (tertiary/aromatic N) is 3. The Labute approximate surface area is 156 Å². The molecule has 26 heavy (non-hydrogen) atoms. The van der Waals surface area contributed by atoms with E-state index in [1.807, 2.05) is 12.1 Å². The van der Waals surface area contributed by atoms with Crippen LogP contribution in [0.3, 0.4) is 0 Å². The summed E-state index contributed by atoms with van der Waals surface area (Å²) in [5, 5.41) is 0. The minimum absolute atomic E-state index is 0.150. The van der Waals surface area contributed by atoms with Crippen LogP contribution in [0.15, 0.2) is 24.5 Å². The number of pyridine rings is 1. The Morgan fingerprint density at radius 3 is 2.85 bits per heavy atom. The van der Waals surface area contributed by atoms with Crippen LogP contribution in [0.25, 0.3) is 0 Å². The van der Waals surface area contributed by atoms with Gasteiger partial charge in [-0.1, -0.05) is 6.42 Å². The van der Waals surface area contributed by atoms with Gasteiger partial charge < -0.3 is 9.64 Å². The van der Waals surface area contributed by atoms with Crippen molar-refractivity contribution < 1.29 is 9.53 Å². The van der Waals surface area contributed by atoms with Crippen molar-refractivity contribution in [3.05, 3.63) is 30.1 Å². The van der Waals surface area contributed by atoms with E-state index in [0.29, 0.717) is 12.0 Å². The molecule has 5 heteroatoms. The zero-order valence-corrected chi connectivity index (χ0v) is 15.7. The maximum atomic E-state index is 12.8. The summed E-state index contributed by atoms with van der Waals surface area (Å²) in [7, 11) is 0. The van der Waals surface area contributed by atoms with Crippen LogP contribution in [0.4, 0.5) is 0 Å². The summed E-state index contributed by atoms with van der Waals surface area (Å²) in [6.45, 7) is 6.10. The van der Waals surface area contributed by atoms with Crippen molar-refractivity contribution in [1.82, 2.24) is 14.8 Å². The molecule has 3 fully saturated rings. The number of rotatable bonds is 3. The average Bonchev–Trinajstić information content (AvgIpc) is 2.90. The normalized spacial score (nSPS) is 28.4. The lowest BCUT2D eigenvalue weighted by Gasteiger charge is -2.44. The topological polar surface area (TPSA) is 45.7 Å². The van der Waals surface area contributed by atoms with Crippen molar-refractivity contribution in [2.45, 2.75) is 44.6 Å². The Balaban J connectivity index is 1.40. The second kappa shape index (κ2) is 8.49. The molecule has 0 bridgehead atoms. The molecule has 3 saturated heterocycles. The molecule has 5 nitrogen and oxygen atoms in total. The highest BCUT2D eigenvalue weighted by Crippen LogP contribution is 2.32. The maximum absolute atomic E-state index is 12.8. The first-order chi connectivity index (χ1) is 12.8. The average molecular weight is 357 g/mol. The zero-order valence-electron chi connectivity index (χ0n) is 15.7. The zero-order chi connectivity index (χ0) is 17.8. The summed E-state index contributed by atoms with van der Waals surface area (Å²) in [4.78, 5) is 21.8. The molecular formula is C21H31N3O2. The fraction of sp³-hybridized carbons (Fsp3) is 0.714. The molecule has 4 rings (SSSR count). The Morgan fingerprint density at radius 2 is 2.04 bits per heavy atom. The lowest BCUT2D eigenvalue weighted by Crippen LogP contribution is -2.53. The van der Waals surface area contributed by atoms with Gasteiger partial charge in [-0.2, -0.15) is 0 Å². The Bertz CT molecular complexity index is 588. The molecule has 0 saturated carbocycles. The lowest BCUT2D eigenvalue weighted by atomic mass is 9.87. The number of fused-ring (bicyclic) bond motifs is 1. The summed E-state index contributed by atoms with van der Waals surface area (Å²) in [5.41, 5.74) is 0.721. The highest BCUT2D eigenvalue weighted by atomic mass is 16.5. The van der Waals surface area contributed by atoms with Crippen molar-refractivity contribution in [2.75, 3.05) is 39.4 Å². The number of piperidine rings is 1. The second-order valence-corrected chi connectivity index (χ2v) is 8.16. The van der Waals surface area contributed by atoms with Gasteiger partial charge in [0, 0.05) is 51.3 Å². The third-order valence-corrected chi connectivity index (χ3v) is 6.46. The Kier molecular flexibility index (Phi) is 5.85. The first-order valence-corrected chi connectivity index (χ1v) is 10.3. The Morgan fingerprint density at radius 1 is 1.15 bits per heavy atom. The van der Waals surface area contributed by atoms with Crippen LogP contribution >= 0.6 is 0 Å². The highest BCUT2D eigenvalue weighted by molar-refractivity contribution is 5.93. The van der Waals surface area contributed by atoms with Crippen molar-refractivity contribution in [1.29, 1.82) is 0 Å². The number of hydrogen-bond donors (Lipinski definition) is 0. The van der Waals surface area contributed by atoms with E-state index in [4.69, 9.17) is 4.74 Å². The van der Waals surface area contributed by atoms with Gasteiger partial charge >= 0.3 is 0 Å². The van der Waals surface area contributed by atoms with Crippen LogP contribution < -0.4 is 0 Å². The van der Waals surface area contributed by atoms with Crippen LogP contribution in [0.1, 0.15) is 48.9 Å². The molecule has 4 heterocycles. The molecule has 3 aliphatic heterocycles. The van der Waals surface area contributed by atoms with Crippen LogP contribution in [-0.2, 0) is 4.74 Å². The van der Waals surface area contributed by atoms with Crippen LogP contribution in [0.5, 0.6) is 0 Å². The number of hydrogen-bond acceptors (Lipinski definition) is 4. The highest BCUT2D eigenvalue weighted by Gasteiger charge is 2.37. The van der Waals surface area contributed by atoms with Gasteiger partial charge in [0.15, 0.2) is 0 Å². The number of amides is 1. The van der Waals surface area contributed by atoms with Gasteiger partial charge in [0.1, 0.15) is 0 Å². The van der Waals surface area contributed by atoms with Crippen molar-refractivity contribution >= 4 is 5.91 Å². The van der Waals surface area contributed by atoms with Gasteiger partial charge in [-0.15, -0.1) is 0 Å². The quantitative estimate of drug-likeness (QED) is 0.834. The molecule has 0 unspecified atom stereocenters. The van der Waals surface area contributed by atoms with Gasteiger partial charge in [-0.05, 0) is 62.6 Å². The summed E-state index contributed by atoms with van der Waals surface area (Å²) < 4.78 is 5.53. The molecule has 0 spiro atoms. The minimum atomic E-state index is 0.150. The fourth-order valence-electron chi connectivity index (χ4n) is 5.02. The standard InChI is InChI=1S/C21H31N3O2/c25-21(18-5-3-9-22-14-18)24-11-6-20-19(16-24)4-1-2-10-23(20)15-17-7-12-26-13-8-17/h3,5,9,14,17,19-20H,1-2,4,6-8,10-13,15-16H2/t19-,20+/m0/s1. The number of aromatic nitrogens is 1. The summed E-state index contributed by atoms with van der Waals surface area (Å²) in [6, 6.07) is 4.38. The molecular weight excluding hydrogens is 326 g/mol. The number of ether oxygens (including phenoxy) is 1.